The Morgan fingerprint density at radius 3 is 2.04 bits per heavy atom. The summed E-state index contributed by atoms with van der Waals surface area (Å²) in [7, 11) is 0. The standard InChI is InChI=1S/C19H19NO3/c1-10-11(2)13(4)16-15(12(10)3)18(20(22)23)17(19(16)21)14-8-6-5-7-9-14/h5-9,17-18H,1-4H3/t17-,18+/m1/s1. The lowest BCUT2D eigenvalue weighted by Gasteiger charge is -2.16. The van der Waals surface area contributed by atoms with Gasteiger partial charge in [-0.1, -0.05) is 30.3 Å². The Labute approximate surface area is 135 Å². The van der Waals surface area contributed by atoms with Gasteiger partial charge < -0.3 is 0 Å². The molecule has 2 aromatic rings. The summed E-state index contributed by atoms with van der Waals surface area (Å²) >= 11 is 0. The fourth-order valence-electron chi connectivity index (χ4n) is 3.72. The Kier molecular flexibility index (Phi) is 3.55. The molecule has 2 atom stereocenters. The van der Waals surface area contributed by atoms with Crippen LogP contribution in [0.4, 0.5) is 0 Å². The van der Waals surface area contributed by atoms with Gasteiger partial charge in [0.25, 0.3) is 6.04 Å². The van der Waals surface area contributed by atoms with E-state index in [0.29, 0.717) is 16.7 Å². The van der Waals surface area contributed by atoms with Gasteiger partial charge >= 0.3 is 0 Å². The van der Waals surface area contributed by atoms with Crippen molar-refractivity contribution in [1.82, 2.24) is 0 Å². The maximum Gasteiger partial charge on any atom is 0.253 e. The zero-order valence-electron chi connectivity index (χ0n) is 13.7. The fourth-order valence-corrected chi connectivity index (χ4v) is 3.72. The average molecular weight is 309 g/mol. The summed E-state index contributed by atoms with van der Waals surface area (Å²) in [6, 6.07) is 8.09. The van der Waals surface area contributed by atoms with Crippen molar-refractivity contribution >= 4 is 5.78 Å². The van der Waals surface area contributed by atoms with E-state index in [0.717, 1.165) is 22.3 Å². The van der Waals surface area contributed by atoms with E-state index in [4.69, 9.17) is 0 Å². The summed E-state index contributed by atoms with van der Waals surface area (Å²) in [4.78, 5) is 24.5. The minimum absolute atomic E-state index is 0.128. The third-order valence-electron chi connectivity index (χ3n) is 5.26. The average Bonchev–Trinajstić information content (AvgIpc) is 2.85. The fraction of sp³-hybridized carbons (Fsp3) is 0.316. The Hall–Kier alpha value is -2.49. The number of benzene rings is 2. The molecule has 2 aromatic carbocycles. The van der Waals surface area contributed by atoms with Crippen LogP contribution < -0.4 is 0 Å². The molecule has 0 radical (unpaired) electrons. The van der Waals surface area contributed by atoms with Crippen molar-refractivity contribution < 1.29 is 9.72 Å². The first-order valence-electron chi connectivity index (χ1n) is 7.69. The molecule has 4 heteroatoms. The van der Waals surface area contributed by atoms with Crippen molar-refractivity contribution in [3.05, 3.63) is 79.4 Å². The first kappa shape index (κ1) is 15.4. The van der Waals surface area contributed by atoms with E-state index in [1.807, 2.05) is 45.9 Å². The smallest absolute Gasteiger partial charge is 0.253 e. The first-order chi connectivity index (χ1) is 10.9. The summed E-state index contributed by atoms with van der Waals surface area (Å²) in [6.07, 6.45) is 0. The largest absolute Gasteiger partial charge is 0.293 e. The number of ketones is 1. The van der Waals surface area contributed by atoms with Crippen LogP contribution >= 0.6 is 0 Å². The maximum atomic E-state index is 13.0. The number of hydrogen-bond donors (Lipinski definition) is 0. The van der Waals surface area contributed by atoms with E-state index in [9.17, 15) is 14.9 Å². The lowest BCUT2D eigenvalue weighted by atomic mass is 9.89. The van der Waals surface area contributed by atoms with Crippen LogP contribution in [0.3, 0.4) is 0 Å². The van der Waals surface area contributed by atoms with Gasteiger partial charge in [0.2, 0.25) is 0 Å². The molecule has 0 heterocycles. The third-order valence-corrected chi connectivity index (χ3v) is 5.26. The zero-order valence-corrected chi connectivity index (χ0v) is 13.7. The summed E-state index contributed by atoms with van der Waals surface area (Å²) in [5.74, 6) is -0.864. The number of carbonyl (C=O) groups is 1. The van der Waals surface area contributed by atoms with Gasteiger partial charge in [-0.15, -0.1) is 0 Å². The van der Waals surface area contributed by atoms with E-state index in [1.54, 1.807) is 12.1 Å². The molecule has 0 saturated heterocycles. The number of nitrogens with zero attached hydrogens (tertiary/aromatic N) is 1. The van der Waals surface area contributed by atoms with Gasteiger partial charge in [0.05, 0.1) is 0 Å². The Morgan fingerprint density at radius 1 is 0.913 bits per heavy atom. The molecule has 1 aliphatic rings. The number of Topliss-reactive ketones (excluding diaryl/α,β-unsaturated/α-hetero) is 1. The van der Waals surface area contributed by atoms with Crippen molar-refractivity contribution in [2.45, 2.75) is 39.7 Å². The van der Waals surface area contributed by atoms with Gasteiger partial charge in [-0.2, -0.15) is 0 Å². The Bertz CT molecular complexity index is 824. The molecule has 0 unspecified atom stereocenters. The van der Waals surface area contributed by atoms with Crippen LogP contribution in [0.1, 0.15) is 55.7 Å². The molecule has 118 valence electrons. The number of fused-ring (bicyclic) bond motifs is 1. The number of hydrogen-bond acceptors (Lipinski definition) is 3. The van der Waals surface area contributed by atoms with E-state index in [1.165, 1.54) is 0 Å². The van der Waals surface area contributed by atoms with Crippen molar-refractivity contribution in [2.75, 3.05) is 0 Å². The van der Waals surface area contributed by atoms with Crippen molar-refractivity contribution in [3.63, 3.8) is 0 Å². The number of nitro groups is 1. The molecular weight excluding hydrogens is 290 g/mol. The highest BCUT2D eigenvalue weighted by Gasteiger charge is 2.50. The van der Waals surface area contributed by atoms with E-state index in [-0.39, 0.29) is 10.7 Å². The van der Waals surface area contributed by atoms with Crippen LogP contribution in [0.25, 0.3) is 0 Å². The quantitative estimate of drug-likeness (QED) is 0.616. The van der Waals surface area contributed by atoms with Gasteiger partial charge in [-0.25, -0.2) is 0 Å². The van der Waals surface area contributed by atoms with E-state index < -0.39 is 12.0 Å². The summed E-state index contributed by atoms with van der Waals surface area (Å²) in [6.45, 7) is 7.72. The molecule has 3 rings (SSSR count). The van der Waals surface area contributed by atoms with Crippen LogP contribution in [0.2, 0.25) is 0 Å². The summed E-state index contributed by atoms with van der Waals surface area (Å²) < 4.78 is 0. The van der Waals surface area contributed by atoms with E-state index in [2.05, 4.69) is 0 Å². The molecule has 0 aromatic heterocycles. The molecule has 0 N–H and O–H groups in total. The van der Waals surface area contributed by atoms with Gasteiger partial charge in [-0.05, 0) is 55.5 Å². The molecule has 0 spiro atoms. The van der Waals surface area contributed by atoms with Gasteiger partial charge in [-0.3, -0.25) is 14.9 Å². The van der Waals surface area contributed by atoms with Gasteiger partial charge in [0.15, 0.2) is 5.78 Å². The maximum absolute atomic E-state index is 13.0. The van der Waals surface area contributed by atoms with Gasteiger partial charge in [0.1, 0.15) is 5.92 Å². The molecule has 4 nitrogen and oxygen atoms in total. The van der Waals surface area contributed by atoms with Crippen LogP contribution in [-0.2, 0) is 0 Å². The SMILES string of the molecule is Cc1c(C)c(C)c2c(c1C)C(=O)[C@H](c1ccccc1)[C@H]2[N+](=O)[O-]. The minimum Gasteiger partial charge on any atom is -0.293 e. The predicted octanol–water partition coefficient (Wildman–Crippen LogP) is 4.22. The van der Waals surface area contributed by atoms with Crippen molar-refractivity contribution in [2.24, 2.45) is 0 Å². The monoisotopic (exact) mass is 309 g/mol. The molecule has 0 saturated carbocycles. The molecule has 0 bridgehead atoms. The van der Waals surface area contributed by atoms with Gasteiger partial charge in [0, 0.05) is 16.1 Å². The normalized spacial score (nSPS) is 19.7. The van der Waals surface area contributed by atoms with E-state index >= 15 is 0 Å². The van der Waals surface area contributed by atoms with Crippen molar-refractivity contribution in [3.8, 4) is 0 Å². The highest BCUT2D eigenvalue weighted by molar-refractivity contribution is 6.08. The van der Waals surface area contributed by atoms with Crippen LogP contribution in [0, 0.1) is 37.8 Å². The second-order valence-corrected chi connectivity index (χ2v) is 6.27. The second-order valence-electron chi connectivity index (χ2n) is 6.27. The van der Waals surface area contributed by atoms with Crippen LogP contribution in [-0.4, -0.2) is 10.7 Å². The molecular formula is C19H19NO3. The Morgan fingerprint density at radius 2 is 1.48 bits per heavy atom. The number of rotatable bonds is 2. The Balaban J connectivity index is 2.33. The zero-order chi connectivity index (χ0) is 16.9. The highest BCUT2D eigenvalue weighted by atomic mass is 16.6. The summed E-state index contributed by atoms with van der Waals surface area (Å²) in [5.41, 5.74) is 5.70. The van der Waals surface area contributed by atoms with Crippen molar-refractivity contribution in [1.29, 1.82) is 0 Å². The molecule has 0 amide bonds. The van der Waals surface area contributed by atoms with Crippen LogP contribution in [0.5, 0.6) is 0 Å². The minimum atomic E-state index is -1.00. The lowest BCUT2D eigenvalue weighted by molar-refractivity contribution is -0.529. The molecule has 23 heavy (non-hydrogen) atoms. The predicted molar refractivity (Wildman–Crippen MR) is 88.6 cm³/mol. The first-order valence-corrected chi connectivity index (χ1v) is 7.69. The van der Waals surface area contributed by atoms with Crippen LogP contribution in [0.15, 0.2) is 30.3 Å². The second kappa shape index (κ2) is 5.30. The molecule has 0 aliphatic heterocycles. The number of carbonyl (C=O) groups excluding carboxylic acids is 1. The third kappa shape index (κ3) is 2.09. The lowest BCUT2D eigenvalue weighted by Crippen LogP contribution is -2.18. The topological polar surface area (TPSA) is 60.2 Å². The summed E-state index contributed by atoms with van der Waals surface area (Å²) in [5, 5.41) is 11.8. The molecule has 1 aliphatic carbocycles. The molecule has 0 fully saturated rings. The highest BCUT2D eigenvalue weighted by Crippen LogP contribution is 2.48.